The average molecular weight is 379 g/mol. The van der Waals surface area contributed by atoms with Gasteiger partial charge in [0.2, 0.25) is 0 Å². The largest absolute Gasteiger partial charge is 0.263 e. The Morgan fingerprint density at radius 1 is 0.654 bits per heavy atom. The van der Waals surface area contributed by atoms with E-state index in [-0.39, 0.29) is 6.17 Å². The van der Waals surface area contributed by atoms with Crippen molar-refractivity contribution in [3.63, 3.8) is 0 Å². The molecule has 4 heteroatoms. The van der Waals surface area contributed by atoms with E-state index in [4.69, 9.17) is 28.2 Å². The molecule has 0 saturated carbocycles. The van der Waals surface area contributed by atoms with Crippen LogP contribution in [0, 0.1) is 0 Å². The topological polar surface area (TPSA) is 15.4 Å². The Kier molecular flexibility index (Phi) is 3.86. The van der Waals surface area contributed by atoms with Crippen LogP contribution >= 0.6 is 23.2 Å². The first-order valence-corrected chi connectivity index (χ1v) is 9.39. The molecule has 0 aromatic heterocycles. The van der Waals surface area contributed by atoms with E-state index in [0.717, 1.165) is 21.3 Å². The van der Waals surface area contributed by atoms with Gasteiger partial charge in [0.25, 0.3) is 0 Å². The molecule has 0 amide bonds. The van der Waals surface area contributed by atoms with Crippen molar-refractivity contribution in [3.05, 3.63) is 106 Å². The number of fused-ring (bicyclic) bond motifs is 1. The van der Waals surface area contributed by atoms with Crippen LogP contribution in [0.1, 0.15) is 28.9 Å². The van der Waals surface area contributed by atoms with Crippen LogP contribution in [-0.2, 0) is 0 Å². The van der Waals surface area contributed by atoms with Crippen LogP contribution in [0.15, 0.2) is 83.9 Å². The van der Waals surface area contributed by atoms with E-state index in [1.807, 2.05) is 24.3 Å². The summed E-state index contributed by atoms with van der Waals surface area (Å²) in [5, 5.41) is 1.49. The van der Waals surface area contributed by atoms with Crippen molar-refractivity contribution in [2.24, 2.45) is 4.99 Å². The molecule has 0 aliphatic carbocycles. The van der Waals surface area contributed by atoms with Crippen LogP contribution in [0.25, 0.3) is 0 Å². The highest BCUT2D eigenvalue weighted by molar-refractivity contribution is 6.31. The van der Waals surface area contributed by atoms with Gasteiger partial charge >= 0.3 is 0 Å². The summed E-state index contributed by atoms with van der Waals surface area (Å²) in [6, 6.07) is 27.3. The first-order valence-electron chi connectivity index (χ1n) is 8.64. The molecule has 26 heavy (non-hydrogen) atoms. The maximum atomic E-state index is 6.07. The molecule has 128 valence electrons. The van der Waals surface area contributed by atoms with E-state index in [2.05, 4.69) is 59.5 Å². The Morgan fingerprint density at radius 2 is 1.27 bits per heavy atom. The molecule has 3 aromatic rings. The van der Waals surface area contributed by atoms with Gasteiger partial charge in [-0.2, -0.15) is 0 Å². The van der Waals surface area contributed by atoms with Gasteiger partial charge in [0, 0.05) is 10.0 Å². The van der Waals surface area contributed by atoms with Crippen molar-refractivity contribution < 1.29 is 0 Å². The fraction of sp³-hybridized carbons (Fsp3) is 0.136. The standard InChI is InChI=1S/C22H16Cl2N2/c23-17-10-6-14(7-11-17)19-21-20(15-4-2-1-3-5-15)26(21)22(25-19)16-8-12-18(24)13-9-16/h1-13,20-22H/t20-,21+,22-,26?/m0/s1. The Balaban J connectivity index is 1.56. The summed E-state index contributed by atoms with van der Waals surface area (Å²) < 4.78 is 0. The molecule has 0 N–H and O–H groups in total. The molecule has 0 spiro atoms. The molecule has 4 atom stereocenters. The molecular formula is C22H16Cl2N2. The smallest absolute Gasteiger partial charge is 0.129 e. The summed E-state index contributed by atoms with van der Waals surface area (Å²) in [6.07, 6.45) is 0.0214. The van der Waals surface area contributed by atoms with Gasteiger partial charge in [-0.05, 0) is 41.0 Å². The van der Waals surface area contributed by atoms with Gasteiger partial charge in [0.1, 0.15) is 6.17 Å². The lowest BCUT2D eigenvalue weighted by Gasteiger charge is -2.14. The van der Waals surface area contributed by atoms with Gasteiger partial charge in [-0.1, -0.05) is 77.8 Å². The zero-order valence-electron chi connectivity index (χ0n) is 13.9. The Bertz CT molecular complexity index is 965. The molecule has 2 aliphatic rings. The summed E-state index contributed by atoms with van der Waals surface area (Å²) >= 11 is 12.1. The highest BCUT2D eigenvalue weighted by Gasteiger charge is 2.59. The van der Waals surface area contributed by atoms with Crippen LogP contribution in [0.4, 0.5) is 0 Å². The highest BCUT2D eigenvalue weighted by Crippen LogP contribution is 2.55. The van der Waals surface area contributed by atoms with Gasteiger partial charge < -0.3 is 0 Å². The number of aliphatic imine (C=N–C) groups is 1. The summed E-state index contributed by atoms with van der Waals surface area (Å²) in [6.45, 7) is 0. The number of nitrogens with zero attached hydrogens (tertiary/aromatic N) is 2. The van der Waals surface area contributed by atoms with Gasteiger partial charge in [0.05, 0.1) is 17.8 Å². The van der Waals surface area contributed by atoms with E-state index in [1.165, 1.54) is 11.1 Å². The first kappa shape index (κ1) is 16.1. The minimum Gasteiger partial charge on any atom is -0.263 e. The van der Waals surface area contributed by atoms with E-state index in [0.29, 0.717) is 12.1 Å². The Morgan fingerprint density at radius 3 is 1.92 bits per heavy atom. The van der Waals surface area contributed by atoms with E-state index >= 15 is 0 Å². The molecular weight excluding hydrogens is 363 g/mol. The van der Waals surface area contributed by atoms with Crippen LogP contribution in [0.2, 0.25) is 10.0 Å². The predicted molar refractivity (Wildman–Crippen MR) is 107 cm³/mol. The fourth-order valence-corrected chi connectivity index (χ4v) is 4.12. The molecule has 3 aromatic carbocycles. The SMILES string of the molecule is Clc1ccc(C2=N[C@H](c3ccc(Cl)cc3)N3[C@H]2[C@@H]3c2ccccc2)cc1. The van der Waals surface area contributed by atoms with Crippen LogP contribution < -0.4 is 0 Å². The molecule has 0 bridgehead atoms. The highest BCUT2D eigenvalue weighted by atomic mass is 35.5. The summed E-state index contributed by atoms with van der Waals surface area (Å²) in [4.78, 5) is 7.51. The second kappa shape index (κ2) is 6.24. The molecule has 1 unspecified atom stereocenters. The van der Waals surface area contributed by atoms with E-state index in [1.54, 1.807) is 0 Å². The second-order valence-corrected chi connectivity index (χ2v) is 7.57. The quantitative estimate of drug-likeness (QED) is 0.516. The van der Waals surface area contributed by atoms with Gasteiger partial charge in [-0.25, -0.2) is 0 Å². The lowest BCUT2D eigenvalue weighted by Crippen LogP contribution is -2.08. The third-order valence-electron chi connectivity index (χ3n) is 5.12. The van der Waals surface area contributed by atoms with Crippen molar-refractivity contribution in [2.45, 2.75) is 18.2 Å². The number of hydrogen-bond donors (Lipinski definition) is 0. The molecule has 5 rings (SSSR count). The normalized spacial score (nSPS) is 26.3. The number of benzene rings is 3. The second-order valence-electron chi connectivity index (χ2n) is 6.69. The summed E-state index contributed by atoms with van der Waals surface area (Å²) in [5.74, 6) is 0. The van der Waals surface area contributed by atoms with Gasteiger partial charge in [0.15, 0.2) is 0 Å². The number of halogens is 2. The fourth-order valence-electron chi connectivity index (χ4n) is 3.87. The van der Waals surface area contributed by atoms with Gasteiger partial charge in [-0.3, -0.25) is 9.89 Å². The maximum Gasteiger partial charge on any atom is 0.129 e. The lowest BCUT2D eigenvalue weighted by atomic mass is 10.0. The third-order valence-corrected chi connectivity index (χ3v) is 5.63. The van der Waals surface area contributed by atoms with Crippen molar-refractivity contribution >= 4 is 28.9 Å². The molecule has 2 aliphatic heterocycles. The number of hydrogen-bond acceptors (Lipinski definition) is 2. The molecule has 1 fully saturated rings. The van der Waals surface area contributed by atoms with Crippen molar-refractivity contribution in [1.29, 1.82) is 0 Å². The average Bonchev–Trinajstić information content (AvgIpc) is 3.29. The minimum absolute atomic E-state index is 0.0214. The van der Waals surface area contributed by atoms with Crippen molar-refractivity contribution in [1.82, 2.24) is 4.90 Å². The minimum atomic E-state index is 0.0214. The van der Waals surface area contributed by atoms with Crippen LogP contribution in [0.3, 0.4) is 0 Å². The third kappa shape index (κ3) is 2.66. The predicted octanol–water partition coefficient (Wildman–Crippen LogP) is 5.92. The summed E-state index contributed by atoms with van der Waals surface area (Å²) in [7, 11) is 0. The van der Waals surface area contributed by atoms with Crippen molar-refractivity contribution in [2.75, 3.05) is 0 Å². The van der Waals surface area contributed by atoms with Crippen molar-refractivity contribution in [3.8, 4) is 0 Å². The van der Waals surface area contributed by atoms with Crippen LogP contribution in [-0.4, -0.2) is 16.7 Å². The van der Waals surface area contributed by atoms with Crippen LogP contribution in [0.5, 0.6) is 0 Å². The lowest BCUT2D eigenvalue weighted by molar-refractivity contribution is 0.404. The molecule has 2 heterocycles. The van der Waals surface area contributed by atoms with E-state index in [9.17, 15) is 0 Å². The first-order chi connectivity index (χ1) is 12.7. The van der Waals surface area contributed by atoms with E-state index < -0.39 is 0 Å². The molecule has 2 nitrogen and oxygen atoms in total. The van der Waals surface area contributed by atoms with Gasteiger partial charge in [-0.15, -0.1) is 0 Å². The monoisotopic (exact) mass is 378 g/mol. The molecule has 1 saturated heterocycles. The zero-order valence-corrected chi connectivity index (χ0v) is 15.4. The summed E-state index contributed by atoms with van der Waals surface area (Å²) in [5.41, 5.74) is 4.77. The number of rotatable bonds is 3. The maximum absolute atomic E-state index is 6.07. The molecule has 0 radical (unpaired) electrons. The Labute approximate surface area is 162 Å². The zero-order chi connectivity index (χ0) is 17.7. The Hall–Kier alpha value is -2.13.